The van der Waals surface area contributed by atoms with E-state index < -0.39 is 0 Å². The summed E-state index contributed by atoms with van der Waals surface area (Å²) in [5.41, 5.74) is 5.52. The molecular weight excluding hydrogens is 756 g/mol. The Kier molecular flexibility index (Phi) is 17.3. The van der Waals surface area contributed by atoms with E-state index in [0.29, 0.717) is 30.2 Å². The Balaban J connectivity index is 0.000000184. The summed E-state index contributed by atoms with van der Waals surface area (Å²) in [4.78, 5) is 13.5. The van der Waals surface area contributed by atoms with Crippen LogP contribution in [0.4, 0.5) is 4.39 Å². The van der Waals surface area contributed by atoms with Crippen molar-refractivity contribution in [1.29, 1.82) is 0 Å². The van der Waals surface area contributed by atoms with Gasteiger partial charge in [0, 0.05) is 57.6 Å². The van der Waals surface area contributed by atoms with Crippen LogP contribution >= 0.6 is 0 Å². The number of hydrogen-bond acceptors (Lipinski definition) is 6. The molecule has 4 aromatic carbocycles. The summed E-state index contributed by atoms with van der Waals surface area (Å²) in [5, 5.41) is 0. The normalized spacial score (nSPS) is 18.9. The summed E-state index contributed by atoms with van der Waals surface area (Å²) in [5.74, 6) is 3.62. The summed E-state index contributed by atoms with van der Waals surface area (Å²) in [6, 6.07) is 52.1. The summed E-state index contributed by atoms with van der Waals surface area (Å²) in [7, 11) is 0. The van der Waals surface area contributed by atoms with Crippen molar-refractivity contribution in [2.24, 2.45) is 23.7 Å². The number of aromatic nitrogens is 2. The largest absolute Gasteiger partial charge is 0.477 e. The molecule has 0 bridgehead atoms. The van der Waals surface area contributed by atoms with Crippen LogP contribution in [0.25, 0.3) is 0 Å². The highest BCUT2D eigenvalue weighted by Gasteiger charge is 2.25. The number of pyridine rings is 2. The molecule has 0 amide bonds. The topological polar surface area (TPSA) is 50.7 Å². The van der Waals surface area contributed by atoms with E-state index in [1.165, 1.54) is 85.9 Å². The number of ether oxygens (including phenoxy) is 2. The molecule has 0 atom stereocenters. The molecule has 8 rings (SSSR count). The lowest BCUT2D eigenvalue weighted by Crippen LogP contribution is -2.32. The number of benzene rings is 4. The van der Waals surface area contributed by atoms with E-state index in [9.17, 15) is 4.39 Å². The van der Waals surface area contributed by atoms with Crippen LogP contribution in [0.2, 0.25) is 0 Å². The van der Waals surface area contributed by atoms with Crippen molar-refractivity contribution in [3.8, 4) is 11.8 Å². The zero-order valence-electron chi connectivity index (χ0n) is 35.7. The van der Waals surface area contributed by atoms with Gasteiger partial charge in [-0.05, 0) is 109 Å². The van der Waals surface area contributed by atoms with Gasteiger partial charge in [0.05, 0.1) is 19.4 Å². The third-order valence-corrected chi connectivity index (χ3v) is 12.2. The molecule has 0 aliphatic heterocycles. The Morgan fingerprint density at radius 1 is 0.410 bits per heavy atom. The Morgan fingerprint density at radius 3 is 1.11 bits per heavy atom. The third kappa shape index (κ3) is 15.6. The predicted octanol–water partition coefficient (Wildman–Crippen LogP) is 12.1. The third-order valence-electron chi connectivity index (χ3n) is 12.2. The van der Waals surface area contributed by atoms with Crippen LogP contribution in [-0.4, -0.2) is 46.1 Å². The first-order chi connectivity index (χ1) is 30.1. The highest BCUT2D eigenvalue weighted by atomic mass is 19.1. The molecule has 0 saturated heterocycles. The van der Waals surface area contributed by atoms with Crippen molar-refractivity contribution < 1.29 is 13.9 Å². The van der Waals surface area contributed by atoms with E-state index in [4.69, 9.17) is 9.47 Å². The van der Waals surface area contributed by atoms with E-state index in [-0.39, 0.29) is 5.82 Å². The van der Waals surface area contributed by atoms with Gasteiger partial charge in [-0.3, -0.25) is 9.80 Å². The lowest BCUT2D eigenvalue weighted by molar-refractivity contribution is 0.141. The van der Waals surface area contributed by atoms with E-state index in [0.717, 1.165) is 57.7 Å². The van der Waals surface area contributed by atoms with Crippen LogP contribution in [0.1, 0.15) is 73.6 Å². The minimum absolute atomic E-state index is 0.330. The Labute approximate surface area is 363 Å². The number of halogens is 1. The molecule has 0 unspecified atom stereocenters. The summed E-state index contributed by atoms with van der Waals surface area (Å²) >= 11 is 0. The van der Waals surface area contributed by atoms with Crippen molar-refractivity contribution >= 4 is 0 Å². The van der Waals surface area contributed by atoms with Gasteiger partial charge in [-0.2, -0.15) is 0 Å². The zero-order valence-corrected chi connectivity index (χ0v) is 35.7. The first kappa shape index (κ1) is 43.7. The van der Waals surface area contributed by atoms with Gasteiger partial charge in [0.15, 0.2) is 0 Å². The predicted molar refractivity (Wildman–Crippen MR) is 244 cm³/mol. The van der Waals surface area contributed by atoms with Crippen LogP contribution in [0, 0.1) is 29.5 Å². The second-order valence-corrected chi connectivity index (χ2v) is 17.2. The summed E-state index contributed by atoms with van der Waals surface area (Å²) in [6.45, 7) is 7.74. The number of hydrogen-bond donors (Lipinski definition) is 0. The molecule has 0 spiro atoms. The van der Waals surface area contributed by atoms with Crippen molar-refractivity contribution in [3.05, 3.63) is 192 Å². The van der Waals surface area contributed by atoms with Gasteiger partial charge < -0.3 is 9.47 Å². The van der Waals surface area contributed by atoms with Gasteiger partial charge in [-0.15, -0.1) is 0 Å². The first-order valence-corrected chi connectivity index (χ1v) is 22.5. The smallest absolute Gasteiger partial charge is 0.213 e. The van der Waals surface area contributed by atoms with Gasteiger partial charge in [-0.1, -0.05) is 127 Å². The van der Waals surface area contributed by atoms with Crippen LogP contribution in [0.5, 0.6) is 11.8 Å². The molecule has 6 aromatic rings. The SMILES string of the molecule is Fc1ccc(OCC2CCC(CN(Cc3ccccc3)Cc3ccccc3)CC2)nc1.c1ccc(CN(Cc2ccccc2)CC2CCC(COc3ccccn3)CC2)cc1. The second-order valence-electron chi connectivity index (χ2n) is 17.2. The van der Waals surface area contributed by atoms with Gasteiger partial charge in [0.25, 0.3) is 0 Å². The van der Waals surface area contributed by atoms with Crippen molar-refractivity contribution in [3.63, 3.8) is 0 Å². The summed E-state index contributed by atoms with van der Waals surface area (Å²) in [6.07, 6.45) is 12.9. The fourth-order valence-corrected chi connectivity index (χ4v) is 8.91. The van der Waals surface area contributed by atoms with Gasteiger partial charge in [-0.25, -0.2) is 14.4 Å². The average Bonchev–Trinajstić information content (AvgIpc) is 3.31. The second kappa shape index (κ2) is 24.2. The molecule has 2 heterocycles. The zero-order chi connectivity index (χ0) is 41.7. The number of nitrogens with zero attached hydrogens (tertiary/aromatic N) is 4. The molecule has 2 saturated carbocycles. The summed E-state index contributed by atoms with van der Waals surface area (Å²) < 4.78 is 24.7. The molecular formula is C54H63FN4O2. The minimum atomic E-state index is -0.330. The molecule has 7 heteroatoms. The van der Waals surface area contributed by atoms with Crippen molar-refractivity contribution in [2.45, 2.75) is 77.5 Å². The van der Waals surface area contributed by atoms with Crippen LogP contribution < -0.4 is 9.47 Å². The fraction of sp³-hybridized carbons (Fsp3) is 0.370. The minimum Gasteiger partial charge on any atom is -0.477 e. The average molecular weight is 819 g/mol. The van der Waals surface area contributed by atoms with Crippen LogP contribution in [0.3, 0.4) is 0 Å². The van der Waals surface area contributed by atoms with Gasteiger partial charge in [0.1, 0.15) is 5.82 Å². The maximum atomic E-state index is 13.0. The molecule has 6 nitrogen and oxygen atoms in total. The molecule has 2 aliphatic rings. The maximum absolute atomic E-state index is 13.0. The van der Waals surface area contributed by atoms with Crippen molar-refractivity contribution in [1.82, 2.24) is 19.8 Å². The number of rotatable bonds is 18. The monoisotopic (exact) mass is 818 g/mol. The highest BCUT2D eigenvalue weighted by Crippen LogP contribution is 2.32. The molecule has 0 N–H and O–H groups in total. The molecule has 318 valence electrons. The van der Waals surface area contributed by atoms with E-state index in [1.54, 1.807) is 12.3 Å². The fourth-order valence-electron chi connectivity index (χ4n) is 8.91. The maximum Gasteiger partial charge on any atom is 0.213 e. The molecule has 2 aromatic heterocycles. The van der Waals surface area contributed by atoms with Gasteiger partial charge in [0.2, 0.25) is 11.8 Å². The quantitative estimate of drug-likeness (QED) is 0.0861. The molecule has 2 fully saturated rings. The Bertz CT molecular complexity index is 1960. The molecule has 61 heavy (non-hydrogen) atoms. The molecule has 0 radical (unpaired) electrons. The van der Waals surface area contributed by atoms with Crippen LogP contribution in [-0.2, 0) is 26.2 Å². The Morgan fingerprint density at radius 2 is 0.770 bits per heavy atom. The van der Waals surface area contributed by atoms with E-state index in [1.807, 2.05) is 18.2 Å². The standard InChI is InChI=1S/C27H31FN2O.C27H32N2O/c28-26-15-16-27(29-17-26)31-21-25-13-11-24(12-14-25)20-30(18-22-7-3-1-4-8-22)19-23-9-5-2-6-10-23;1-3-9-23(10-4-1)19-29(20-24-11-5-2-6-12-24)21-25-14-16-26(17-15-25)22-30-27-13-7-8-18-28-27/h1-10,15-17,24-25H,11-14,18-21H2;1-13,18,25-26H,14-17,19-22H2. The van der Waals surface area contributed by atoms with Crippen molar-refractivity contribution in [2.75, 3.05) is 26.3 Å². The first-order valence-electron chi connectivity index (χ1n) is 22.5. The Hall–Kier alpha value is -5.37. The van der Waals surface area contributed by atoms with Gasteiger partial charge >= 0.3 is 0 Å². The molecule has 2 aliphatic carbocycles. The lowest BCUT2D eigenvalue weighted by Gasteiger charge is -2.33. The lowest BCUT2D eigenvalue weighted by atomic mass is 9.82. The van der Waals surface area contributed by atoms with E-state index >= 15 is 0 Å². The van der Waals surface area contributed by atoms with Crippen LogP contribution in [0.15, 0.2) is 164 Å². The highest BCUT2D eigenvalue weighted by molar-refractivity contribution is 5.19. The van der Waals surface area contributed by atoms with E-state index in [2.05, 4.69) is 141 Å².